The van der Waals surface area contributed by atoms with Gasteiger partial charge in [0.15, 0.2) is 6.29 Å². The number of rotatable bonds is 5. The van der Waals surface area contributed by atoms with Crippen LogP contribution in [0.5, 0.6) is 0 Å². The molecule has 7 N–H and O–H groups in total. The van der Waals surface area contributed by atoms with Gasteiger partial charge in [-0.15, -0.1) is 0 Å². The molecule has 0 aromatic carbocycles. The fraction of sp³-hybridized carbons (Fsp3) is 0.895. The van der Waals surface area contributed by atoms with E-state index in [4.69, 9.17) is 9.47 Å². The Bertz CT molecular complexity index is 552. The third kappa shape index (κ3) is 4.28. The van der Waals surface area contributed by atoms with Crippen LogP contribution >= 0.6 is 0 Å². The second-order valence-corrected chi connectivity index (χ2v) is 8.66. The minimum atomic E-state index is -1.54. The van der Waals surface area contributed by atoms with Crippen molar-refractivity contribution < 1.29 is 45.2 Å². The van der Waals surface area contributed by atoms with Crippen LogP contribution in [0.3, 0.4) is 0 Å². The number of aliphatic hydroxyl groups excluding tert-OH is 6. The van der Waals surface area contributed by atoms with Gasteiger partial charge in [0, 0.05) is 11.3 Å². The van der Waals surface area contributed by atoms with Gasteiger partial charge in [0.2, 0.25) is 0 Å². The molecule has 9 nitrogen and oxygen atoms in total. The number of aliphatic hydroxyl groups is 7. The van der Waals surface area contributed by atoms with Crippen LogP contribution in [-0.4, -0.2) is 97.0 Å². The van der Waals surface area contributed by atoms with Crippen molar-refractivity contribution in [3.63, 3.8) is 0 Å². The van der Waals surface area contributed by atoms with Crippen LogP contribution in [0.2, 0.25) is 0 Å². The average molecular weight is 406 g/mol. The summed E-state index contributed by atoms with van der Waals surface area (Å²) in [7, 11) is 0. The van der Waals surface area contributed by atoms with Gasteiger partial charge in [-0.3, -0.25) is 0 Å². The molecule has 1 saturated carbocycles. The highest BCUT2D eigenvalue weighted by molar-refractivity contribution is 5.17. The lowest BCUT2D eigenvalue weighted by molar-refractivity contribution is -0.306. The van der Waals surface area contributed by atoms with Gasteiger partial charge in [-0.05, 0) is 13.3 Å². The molecular weight excluding hydrogens is 372 g/mol. The molecule has 10 atom stereocenters. The predicted molar refractivity (Wildman–Crippen MR) is 98.0 cm³/mol. The summed E-state index contributed by atoms with van der Waals surface area (Å²) >= 11 is 0. The SMILES string of the molecule is CC(/C=C/C1(O)C(C)C(O)C(O)CC1(C)C)OC1OC(CO)C(O)C(O)C1O. The van der Waals surface area contributed by atoms with E-state index in [1.165, 1.54) is 6.08 Å². The lowest BCUT2D eigenvalue weighted by Gasteiger charge is -2.52. The highest BCUT2D eigenvalue weighted by atomic mass is 16.7. The van der Waals surface area contributed by atoms with E-state index in [2.05, 4.69) is 0 Å². The highest BCUT2D eigenvalue weighted by Crippen LogP contribution is 2.48. The van der Waals surface area contributed by atoms with Gasteiger partial charge in [0.05, 0.1) is 30.5 Å². The van der Waals surface area contributed by atoms with E-state index in [1.807, 2.05) is 0 Å². The number of hydrogen-bond donors (Lipinski definition) is 7. The number of ether oxygens (including phenoxy) is 2. The van der Waals surface area contributed by atoms with Crippen molar-refractivity contribution in [3.8, 4) is 0 Å². The zero-order chi connectivity index (χ0) is 21.4. The molecule has 0 aromatic heterocycles. The first kappa shape index (κ1) is 23.7. The van der Waals surface area contributed by atoms with Gasteiger partial charge in [0.25, 0.3) is 0 Å². The monoisotopic (exact) mass is 406 g/mol. The van der Waals surface area contributed by atoms with Crippen molar-refractivity contribution in [1.82, 2.24) is 0 Å². The van der Waals surface area contributed by atoms with Crippen molar-refractivity contribution in [2.45, 2.75) is 88.7 Å². The van der Waals surface area contributed by atoms with E-state index >= 15 is 0 Å². The Morgan fingerprint density at radius 1 is 1.07 bits per heavy atom. The van der Waals surface area contributed by atoms with E-state index < -0.39 is 72.6 Å². The van der Waals surface area contributed by atoms with Crippen molar-refractivity contribution >= 4 is 0 Å². The second kappa shape index (κ2) is 8.63. The van der Waals surface area contributed by atoms with Crippen LogP contribution in [0.1, 0.15) is 34.1 Å². The Morgan fingerprint density at radius 2 is 1.68 bits per heavy atom. The maximum atomic E-state index is 11.2. The van der Waals surface area contributed by atoms with Crippen molar-refractivity contribution in [3.05, 3.63) is 12.2 Å². The third-order valence-corrected chi connectivity index (χ3v) is 6.22. The normalized spacial score (nSPS) is 48.0. The molecule has 0 bridgehead atoms. The zero-order valence-corrected chi connectivity index (χ0v) is 16.7. The lowest BCUT2D eigenvalue weighted by atomic mass is 9.58. The highest BCUT2D eigenvalue weighted by Gasteiger charge is 2.54. The topological polar surface area (TPSA) is 160 Å². The van der Waals surface area contributed by atoms with E-state index in [9.17, 15) is 35.7 Å². The Hall–Kier alpha value is -0.620. The molecule has 2 rings (SSSR count). The molecule has 1 aliphatic carbocycles. The molecule has 9 heteroatoms. The second-order valence-electron chi connectivity index (χ2n) is 8.66. The first-order valence-electron chi connectivity index (χ1n) is 9.59. The molecular formula is C19H34O9. The molecule has 28 heavy (non-hydrogen) atoms. The molecule has 0 amide bonds. The summed E-state index contributed by atoms with van der Waals surface area (Å²) in [5, 5.41) is 70.3. The van der Waals surface area contributed by atoms with Gasteiger partial charge in [-0.25, -0.2) is 0 Å². The van der Waals surface area contributed by atoms with Crippen molar-refractivity contribution in [2.24, 2.45) is 11.3 Å². The summed E-state index contributed by atoms with van der Waals surface area (Å²) in [5.74, 6) is -0.637. The summed E-state index contributed by atoms with van der Waals surface area (Å²) in [4.78, 5) is 0. The largest absolute Gasteiger partial charge is 0.394 e. The summed E-state index contributed by atoms with van der Waals surface area (Å²) in [6.07, 6.45) is -6.28. The molecule has 10 unspecified atom stereocenters. The molecule has 0 spiro atoms. The van der Waals surface area contributed by atoms with E-state index in [0.717, 1.165) is 0 Å². The third-order valence-electron chi connectivity index (χ3n) is 6.22. The van der Waals surface area contributed by atoms with Crippen LogP contribution in [0, 0.1) is 11.3 Å². The van der Waals surface area contributed by atoms with Crippen LogP contribution in [0.4, 0.5) is 0 Å². The summed E-state index contributed by atoms with van der Waals surface area (Å²) in [6, 6.07) is 0. The zero-order valence-electron chi connectivity index (χ0n) is 16.7. The fourth-order valence-corrected chi connectivity index (χ4v) is 4.11. The van der Waals surface area contributed by atoms with Crippen LogP contribution < -0.4 is 0 Å². The fourth-order valence-electron chi connectivity index (χ4n) is 4.11. The summed E-state index contributed by atoms with van der Waals surface area (Å²) in [6.45, 7) is 6.33. The van der Waals surface area contributed by atoms with E-state index in [1.54, 1.807) is 33.8 Å². The van der Waals surface area contributed by atoms with Gasteiger partial charge in [-0.2, -0.15) is 0 Å². The summed E-state index contributed by atoms with van der Waals surface area (Å²) in [5.41, 5.74) is -2.14. The molecule has 1 saturated heterocycles. The standard InChI is InChI=1S/C19H34O9/c1-9(27-17-16(25)15(24)14(23)12(8-20)28-17)5-6-19(26)10(2)13(22)11(21)7-18(19,3)4/h5-6,9-17,20-26H,7-8H2,1-4H3/b6-5+. The lowest BCUT2D eigenvalue weighted by Crippen LogP contribution is -2.60. The maximum absolute atomic E-state index is 11.2. The van der Waals surface area contributed by atoms with Gasteiger partial charge in [0.1, 0.15) is 24.4 Å². The molecule has 1 aliphatic heterocycles. The molecule has 1 heterocycles. The Labute approximate surface area is 164 Å². The van der Waals surface area contributed by atoms with Gasteiger partial charge >= 0.3 is 0 Å². The Balaban J connectivity index is 2.11. The predicted octanol–water partition coefficient (Wildman–Crippen LogP) is -1.73. The van der Waals surface area contributed by atoms with E-state index in [-0.39, 0.29) is 6.42 Å². The maximum Gasteiger partial charge on any atom is 0.187 e. The van der Waals surface area contributed by atoms with Gasteiger partial charge < -0.3 is 45.2 Å². The first-order chi connectivity index (χ1) is 12.9. The Kier molecular flexibility index (Phi) is 7.29. The number of hydrogen-bond acceptors (Lipinski definition) is 9. The van der Waals surface area contributed by atoms with Crippen LogP contribution in [0.25, 0.3) is 0 Å². The average Bonchev–Trinajstić information content (AvgIpc) is 2.63. The molecule has 0 aromatic rings. The van der Waals surface area contributed by atoms with Crippen LogP contribution in [0.15, 0.2) is 12.2 Å². The van der Waals surface area contributed by atoms with E-state index in [0.29, 0.717) is 0 Å². The molecule has 2 aliphatic rings. The van der Waals surface area contributed by atoms with Crippen LogP contribution in [-0.2, 0) is 9.47 Å². The minimum Gasteiger partial charge on any atom is -0.394 e. The molecule has 0 radical (unpaired) electrons. The summed E-state index contributed by atoms with van der Waals surface area (Å²) < 4.78 is 10.9. The first-order valence-corrected chi connectivity index (χ1v) is 9.59. The van der Waals surface area contributed by atoms with Crippen molar-refractivity contribution in [1.29, 1.82) is 0 Å². The minimum absolute atomic E-state index is 0.210. The smallest absolute Gasteiger partial charge is 0.187 e. The molecule has 164 valence electrons. The molecule has 2 fully saturated rings. The Morgan fingerprint density at radius 3 is 2.25 bits per heavy atom. The van der Waals surface area contributed by atoms with Gasteiger partial charge in [-0.1, -0.05) is 32.9 Å². The quantitative estimate of drug-likeness (QED) is 0.263. The van der Waals surface area contributed by atoms with Crippen molar-refractivity contribution in [2.75, 3.05) is 6.61 Å².